The molecule has 0 fully saturated rings. The number of nitrogens with one attached hydrogen (secondary N) is 1. The van der Waals surface area contributed by atoms with Gasteiger partial charge in [0.1, 0.15) is 0 Å². The standard InChI is InChI=1S/C22H26N4O2/c1-16-8-10-17(11-9-16)20(25(2)3)14-23-21(27)12-13-26-15-24-19-7-5-4-6-18(19)22(26)28/h4-11,15,20H,12-14H2,1-3H3,(H,23,27)/t20-/m0/s1. The van der Waals surface area contributed by atoms with E-state index in [1.807, 2.05) is 26.2 Å². The third-order valence-electron chi connectivity index (χ3n) is 4.89. The number of carbonyl (C=O) groups excluding carboxylic acids is 1. The molecule has 1 atom stereocenters. The van der Waals surface area contributed by atoms with Crippen LogP contribution in [0.25, 0.3) is 10.9 Å². The number of nitrogens with zero attached hydrogens (tertiary/aromatic N) is 3. The van der Waals surface area contributed by atoms with Crippen LogP contribution in [0, 0.1) is 6.92 Å². The largest absolute Gasteiger partial charge is 0.354 e. The van der Waals surface area contributed by atoms with Crippen molar-refractivity contribution in [2.75, 3.05) is 20.6 Å². The Bertz CT molecular complexity index is 1010. The second-order valence-electron chi connectivity index (χ2n) is 7.20. The van der Waals surface area contributed by atoms with Crippen LogP contribution in [0.4, 0.5) is 0 Å². The summed E-state index contributed by atoms with van der Waals surface area (Å²) in [5, 5.41) is 3.55. The average molecular weight is 378 g/mol. The number of hydrogen-bond acceptors (Lipinski definition) is 4. The molecule has 28 heavy (non-hydrogen) atoms. The van der Waals surface area contributed by atoms with Crippen molar-refractivity contribution in [2.45, 2.75) is 25.9 Å². The Kier molecular flexibility index (Phi) is 6.21. The first-order chi connectivity index (χ1) is 13.5. The zero-order valence-electron chi connectivity index (χ0n) is 16.6. The molecule has 0 aliphatic carbocycles. The highest BCUT2D eigenvalue weighted by atomic mass is 16.1. The number of para-hydroxylation sites is 1. The zero-order chi connectivity index (χ0) is 20.1. The predicted molar refractivity (Wildman–Crippen MR) is 111 cm³/mol. The summed E-state index contributed by atoms with van der Waals surface area (Å²) in [6.07, 6.45) is 1.74. The summed E-state index contributed by atoms with van der Waals surface area (Å²) in [5.74, 6) is -0.0842. The molecule has 3 aromatic rings. The molecule has 1 heterocycles. The van der Waals surface area contributed by atoms with Crippen LogP contribution in [0.2, 0.25) is 0 Å². The van der Waals surface area contributed by atoms with Gasteiger partial charge < -0.3 is 10.2 Å². The lowest BCUT2D eigenvalue weighted by molar-refractivity contribution is -0.121. The second kappa shape index (κ2) is 8.80. The number of aromatic nitrogens is 2. The van der Waals surface area contributed by atoms with Gasteiger partial charge in [0.05, 0.1) is 23.3 Å². The number of carbonyl (C=O) groups is 1. The molecule has 146 valence electrons. The van der Waals surface area contributed by atoms with Crippen LogP contribution >= 0.6 is 0 Å². The summed E-state index contributed by atoms with van der Waals surface area (Å²) in [6, 6.07) is 15.6. The maximum Gasteiger partial charge on any atom is 0.261 e. The summed E-state index contributed by atoms with van der Waals surface area (Å²) in [4.78, 5) is 31.2. The lowest BCUT2D eigenvalue weighted by Gasteiger charge is -2.25. The van der Waals surface area contributed by atoms with Crippen molar-refractivity contribution < 1.29 is 4.79 Å². The number of amides is 1. The fraction of sp³-hybridized carbons (Fsp3) is 0.318. The van der Waals surface area contributed by atoms with Crippen molar-refractivity contribution in [1.82, 2.24) is 19.8 Å². The van der Waals surface area contributed by atoms with Gasteiger partial charge in [-0.1, -0.05) is 42.0 Å². The van der Waals surface area contributed by atoms with Crippen LogP contribution in [-0.2, 0) is 11.3 Å². The van der Waals surface area contributed by atoms with E-state index in [1.165, 1.54) is 16.5 Å². The molecule has 0 spiro atoms. The van der Waals surface area contributed by atoms with E-state index in [0.717, 1.165) is 5.56 Å². The number of likely N-dealkylation sites (N-methyl/N-ethyl adjacent to an activating group) is 1. The summed E-state index contributed by atoms with van der Waals surface area (Å²) in [7, 11) is 3.99. The predicted octanol–water partition coefficient (Wildman–Crippen LogP) is 2.51. The molecule has 0 aliphatic heterocycles. The van der Waals surface area contributed by atoms with Gasteiger partial charge in [-0.3, -0.25) is 14.2 Å². The lowest BCUT2D eigenvalue weighted by Crippen LogP contribution is -2.35. The molecule has 6 heteroatoms. The SMILES string of the molecule is Cc1ccc([C@H](CNC(=O)CCn2cnc3ccccc3c2=O)N(C)C)cc1. The second-order valence-corrected chi connectivity index (χ2v) is 7.20. The van der Waals surface area contributed by atoms with Crippen molar-refractivity contribution in [3.63, 3.8) is 0 Å². The van der Waals surface area contributed by atoms with Gasteiger partial charge in [-0.15, -0.1) is 0 Å². The van der Waals surface area contributed by atoms with E-state index in [2.05, 4.69) is 46.4 Å². The minimum absolute atomic E-state index is 0.0842. The van der Waals surface area contributed by atoms with Crippen molar-refractivity contribution in [1.29, 1.82) is 0 Å². The lowest BCUT2D eigenvalue weighted by atomic mass is 10.0. The van der Waals surface area contributed by atoms with E-state index in [-0.39, 0.29) is 23.9 Å². The molecule has 2 aromatic carbocycles. The molecular formula is C22H26N4O2. The van der Waals surface area contributed by atoms with Gasteiger partial charge in [-0.25, -0.2) is 4.98 Å². The van der Waals surface area contributed by atoms with E-state index in [1.54, 1.807) is 12.1 Å². The Labute approximate surface area is 164 Å². The molecule has 1 amide bonds. The zero-order valence-corrected chi connectivity index (χ0v) is 16.6. The summed E-state index contributed by atoms with van der Waals surface area (Å²) < 4.78 is 1.49. The molecule has 1 aromatic heterocycles. The highest BCUT2D eigenvalue weighted by Gasteiger charge is 2.15. The fourth-order valence-corrected chi connectivity index (χ4v) is 3.17. The number of benzene rings is 2. The van der Waals surface area contributed by atoms with Crippen LogP contribution in [0.5, 0.6) is 0 Å². The third kappa shape index (κ3) is 4.64. The van der Waals surface area contributed by atoms with Gasteiger partial charge in [0.25, 0.3) is 5.56 Å². The van der Waals surface area contributed by atoms with Crippen molar-refractivity contribution >= 4 is 16.8 Å². The summed E-state index contributed by atoms with van der Waals surface area (Å²) in [6.45, 7) is 2.87. The van der Waals surface area contributed by atoms with Gasteiger partial charge in [0.2, 0.25) is 5.91 Å². The summed E-state index contributed by atoms with van der Waals surface area (Å²) >= 11 is 0. The number of aryl methyl sites for hydroxylation is 2. The first kappa shape index (κ1) is 19.8. The topological polar surface area (TPSA) is 67.2 Å². The first-order valence-corrected chi connectivity index (χ1v) is 9.39. The quantitative estimate of drug-likeness (QED) is 0.686. The van der Waals surface area contributed by atoms with Crippen LogP contribution in [0.15, 0.2) is 59.7 Å². The van der Waals surface area contributed by atoms with Crippen LogP contribution in [-0.4, -0.2) is 41.0 Å². The van der Waals surface area contributed by atoms with E-state index < -0.39 is 0 Å². The third-order valence-corrected chi connectivity index (χ3v) is 4.89. The van der Waals surface area contributed by atoms with Crippen molar-refractivity contribution in [3.8, 4) is 0 Å². The van der Waals surface area contributed by atoms with E-state index in [9.17, 15) is 9.59 Å². The Morgan fingerprint density at radius 2 is 1.86 bits per heavy atom. The maximum absolute atomic E-state index is 12.5. The number of rotatable bonds is 7. The highest BCUT2D eigenvalue weighted by molar-refractivity contribution is 5.77. The Hall–Kier alpha value is -2.99. The minimum atomic E-state index is -0.121. The molecule has 3 rings (SSSR count). The van der Waals surface area contributed by atoms with Crippen molar-refractivity contribution in [3.05, 3.63) is 76.3 Å². The highest BCUT2D eigenvalue weighted by Crippen LogP contribution is 2.18. The molecule has 0 radical (unpaired) electrons. The van der Waals surface area contributed by atoms with E-state index in [0.29, 0.717) is 24.0 Å². The van der Waals surface area contributed by atoms with Gasteiger partial charge in [0.15, 0.2) is 0 Å². The van der Waals surface area contributed by atoms with E-state index in [4.69, 9.17) is 0 Å². The van der Waals surface area contributed by atoms with Crippen LogP contribution in [0.3, 0.4) is 0 Å². The molecule has 6 nitrogen and oxygen atoms in total. The Balaban J connectivity index is 1.60. The molecule has 0 unspecified atom stereocenters. The molecule has 0 aliphatic rings. The monoisotopic (exact) mass is 378 g/mol. The van der Waals surface area contributed by atoms with Gasteiger partial charge in [0, 0.05) is 19.5 Å². The van der Waals surface area contributed by atoms with Gasteiger partial charge >= 0.3 is 0 Å². The van der Waals surface area contributed by atoms with Crippen LogP contribution < -0.4 is 10.9 Å². The molecule has 1 N–H and O–H groups in total. The van der Waals surface area contributed by atoms with Gasteiger partial charge in [-0.05, 0) is 38.7 Å². The van der Waals surface area contributed by atoms with Crippen LogP contribution in [0.1, 0.15) is 23.6 Å². The Morgan fingerprint density at radius 1 is 1.14 bits per heavy atom. The normalized spacial score (nSPS) is 12.3. The van der Waals surface area contributed by atoms with Gasteiger partial charge in [-0.2, -0.15) is 0 Å². The minimum Gasteiger partial charge on any atom is -0.354 e. The average Bonchev–Trinajstić information content (AvgIpc) is 2.69. The number of fused-ring (bicyclic) bond motifs is 1. The molecular weight excluding hydrogens is 352 g/mol. The first-order valence-electron chi connectivity index (χ1n) is 9.39. The maximum atomic E-state index is 12.5. The molecule has 0 bridgehead atoms. The molecule has 0 saturated heterocycles. The smallest absolute Gasteiger partial charge is 0.261 e. The summed E-state index contributed by atoms with van der Waals surface area (Å²) in [5.41, 5.74) is 2.91. The number of hydrogen-bond donors (Lipinski definition) is 1. The van der Waals surface area contributed by atoms with E-state index >= 15 is 0 Å². The van der Waals surface area contributed by atoms with Crippen molar-refractivity contribution in [2.24, 2.45) is 0 Å². The fourth-order valence-electron chi connectivity index (χ4n) is 3.17. The Morgan fingerprint density at radius 3 is 2.57 bits per heavy atom. The molecule has 0 saturated carbocycles.